The van der Waals surface area contributed by atoms with Gasteiger partial charge >= 0.3 is 0 Å². The fourth-order valence-corrected chi connectivity index (χ4v) is 5.82. The van der Waals surface area contributed by atoms with Crippen LogP contribution in [0.5, 0.6) is 0 Å². The summed E-state index contributed by atoms with van der Waals surface area (Å²) in [6.45, 7) is 1.10. The monoisotopic (exact) mass is 421 g/mol. The van der Waals surface area contributed by atoms with Gasteiger partial charge in [0.05, 0.1) is 11.4 Å². The van der Waals surface area contributed by atoms with Gasteiger partial charge in [-0.25, -0.2) is 8.42 Å². The van der Waals surface area contributed by atoms with E-state index in [0.717, 1.165) is 44.9 Å². The maximum Gasteiger partial charge on any atom is 0.243 e. The first kappa shape index (κ1) is 21.8. The van der Waals surface area contributed by atoms with Gasteiger partial charge in [-0.05, 0) is 37.3 Å². The number of hydrogen-bond donors (Lipinski definition) is 2. The van der Waals surface area contributed by atoms with Gasteiger partial charge in [-0.2, -0.15) is 4.31 Å². The van der Waals surface area contributed by atoms with Gasteiger partial charge in [0.1, 0.15) is 0 Å². The van der Waals surface area contributed by atoms with E-state index in [2.05, 4.69) is 10.6 Å². The van der Waals surface area contributed by atoms with Crippen LogP contribution in [0.2, 0.25) is 0 Å². The Morgan fingerprint density at radius 1 is 0.931 bits per heavy atom. The van der Waals surface area contributed by atoms with Crippen molar-refractivity contribution in [3.8, 4) is 0 Å². The van der Waals surface area contributed by atoms with Crippen LogP contribution < -0.4 is 10.6 Å². The van der Waals surface area contributed by atoms with Crippen molar-refractivity contribution in [3.05, 3.63) is 29.8 Å². The fourth-order valence-electron chi connectivity index (χ4n) is 4.08. The minimum absolute atomic E-state index is 0.00645. The summed E-state index contributed by atoms with van der Waals surface area (Å²) in [5.41, 5.74) is 0.560. The number of carbonyl (C=O) groups excluding carboxylic acids is 2. The van der Waals surface area contributed by atoms with Crippen LogP contribution in [0.4, 0.5) is 0 Å². The third-order valence-electron chi connectivity index (χ3n) is 5.78. The Kier molecular flexibility index (Phi) is 7.66. The maximum absolute atomic E-state index is 13.0. The smallest absolute Gasteiger partial charge is 0.243 e. The molecule has 2 N–H and O–H groups in total. The number of benzene rings is 1. The summed E-state index contributed by atoms with van der Waals surface area (Å²) >= 11 is 0. The highest BCUT2D eigenvalue weighted by Crippen LogP contribution is 2.24. The first-order chi connectivity index (χ1) is 14.0. The Morgan fingerprint density at radius 2 is 1.59 bits per heavy atom. The van der Waals surface area contributed by atoms with Crippen LogP contribution in [0, 0.1) is 5.92 Å². The molecule has 1 heterocycles. The fraction of sp³-hybridized carbons (Fsp3) is 0.619. The first-order valence-electron chi connectivity index (χ1n) is 10.6. The van der Waals surface area contributed by atoms with Crippen molar-refractivity contribution in [1.82, 2.24) is 14.9 Å². The molecular weight excluding hydrogens is 390 g/mol. The highest BCUT2D eigenvalue weighted by atomic mass is 32.2. The molecule has 0 atom stereocenters. The Bertz CT molecular complexity index is 813. The summed E-state index contributed by atoms with van der Waals surface area (Å²) in [5, 5.41) is 5.44. The van der Waals surface area contributed by atoms with Crippen molar-refractivity contribution in [2.45, 2.75) is 62.8 Å². The van der Waals surface area contributed by atoms with Crippen LogP contribution in [0.15, 0.2) is 29.2 Å². The van der Waals surface area contributed by atoms with Gasteiger partial charge in [0.2, 0.25) is 21.8 Å². The largest absolute Gasteiger partial charge is 0.350 e. The summed E-state index contributed by atoms with van der Waals surface area (Å²) in [6.07, 6.45) is 7.86. The van der Waals surface area contributed by atoms with Crippen molar-refractivity contribution < 1.29 is 18.0 Å². The molecule has 1 saturated carbocycles. The first-order valence-corrected chi connectivity index (χ1v) is 12.0. The van der Waals surface area contributed by atoms with Crippen molar-refractivity contribution in [2.75, 3.05) is 19.6 Å². The molecule has 7 nitrogen and oxygen atoms in total. The molecule has 1 aromatic rings. The van der Waals surface area contributed by atoms with Crippen LogP contribution in [-0.2, 0) is 26.2 Å². The SMILES string of the molecule is O=C(CNC(=O)C1CCCCC1)NCc1ccccc1S(=O)(=O)N1CCCCC1. The van der Waals surface area contributed by atoms with E-state index in [1.807, 2.05) is 0 Å². The topological polar surface area (TPSA) is 95.6 Å². The molecule has 2 amide bonds. The second kappa shape index (κ2) is 10.2. The molecule has 0 unspecified atom stereocenters. The van der Waals surface area contributed by atoms with Crippen LogP contribution in [0.25, 0.3) is 0 Å². The summed E-state index contributed by atoms with van der Waals surface area (Å²) in [6, 6.07) is 6.78. The Balaban J connectivity index is 1.55. The number of rotatable bonds is 7. The average Bonchev–Trinajstić information content (AvgIpc) is 2.77. The van der Waals surface area contributed by atoms with Gasteiger partial charge in [0.15, 0.2) is 0 Å². The zero-order valence-corrected chi connectivity index (χ0v) is 17.7. The standard InChI is InChI=1S/C21H31N3O4S/c25-20(16-23-21(26)17-9-3-1-4-10-17)22-15-18-11-5-6-12-19(18)29(27,28)24-13-7-2-8-14-24/h5-6,11-12,17H,1-4,7-10,13-16H2,(H,22,25)(H,23,26). The molecule has 2 aliphatic rings. The molecule has 29 heavy (non-hydrogen) atoms. The minimum Gasteiger partial charge on any atom is -0.350 e. The molecule has 1 saturated heterocycles. The van der Waals surface area contributed by atoms with Crippen LogP contribution in [-0.4, -0.2) is 44.2 Å². The van der Waals surface area contributed by atoms with Gasteiger partial charge in [-0.1, -0.05) is 43.9 Å². The number of nitrogens with zero attached hydrogens (tertiary/aromatic N) is 1. The van der Waals surface area contributed by atoms with Gasteiger partial charge in [0, 0.05) is 25.6 Å². The van der Waals surface area contributed by atoms with Crippen molar-refractivity contribution in [2.24, 2.45) is 5.92 Å². The van der Waals surface area contributed by atoms with Gasteiger partial charge in [-0.3, -0.25) is 9.59 Å². The predicted octanol–water partition coefficient (Wildman–Crippen LogP) is 2.17. The number of nitrogens with one attached hydrogen (secondary N) is 2. The highest BCUT2D eigenvalue weighted by Gasteiger charge is 2.28. The molecule has 1 aromatic carbocycles. The van der Waals surface area contributed by atoms with E-state index >= 15 is 0 Å². The summed E-state index contributed by atoms with van der Waals surface area (Å²) < 4.78 is 27.5. The maximum atomic E-state index is 13.0. The molecule has 1 aliphatic carbocycles. The lowest BCUT2D eigenvalue weighted by Gasteiger charge is -2.26. The zero-order chi connectivity index (χ0) is 20.7. The lowest BCUT2D eigenvalue weighted by Crippen LogP contribution is -2.40. The number of amides is 2. The number of piperidine rings is 1. The third kappa shape index (κ3) is 5.79. The molecule has 0 radical (unpaired) electrons. The van der Waals surface area contributed by atoms with Crippen molar-refractivity contribution in [1.29, 1.82) is 0 Å². The molecule has 0 aromatic heterocycles. The molecule has 3 rings (SSSR count). The molecule has 8 heteroatoms. The molecule has 1 aliphatic heterocycles. The normalized spacial score (nSPS) is 18.9. The number of hydrogen-bond acceptors (Lipinski definition) is 4. The Labute approximate surface area is 173 Å². The molecule has 2 fully saturated rings. The van der Waals surface area contributed by atoms with Crippen LogP contribution >= 0.6 is 0 Å². The summed E-state index contributed by atoms with van der Waals surface area (Å²) in [7, 11) is -3.57. The quantitative estimate of drug-likeness (QED) is 0.705. The van der Waals surface area contributed by atoms with E-state index < -0.39 is 10.0 Å². The molecule has 160 valence electrons. The third-order valence-corrected chi connectivity index (χ3v) is 7.78. The predicted molar refractivity (Wildman–Crippen MR) is 110 cm³/mol. The lowest BCUT2D eigenvalue weighted by atomic mass is 9.89. The van der Waals surface area contributed by atoms with Gasteiger partial charge < -0.3 is 10.6 Å². The van der Waals surface area contributed by atoms with E-state index in [0.29, 0.717) is 18.7 Å². The van der Waals surface area contributed by atoms with E-state index in [9.17, 15) is 18.0 Å². The molecular formula is C21H31N3O4S. The van der Waals surface area contributed by atoms with E-state index in [1.165, 1.54) is 10.7 Å². The summed E-state index contributed by atoms with van der Waals surface area (Å²) in [4.78, 5) is 24.6. The summed E-state index contributed by atoms with van der Waals surface area (Å²) in [5.74, 6) is -0.376. The average molecular weight is 422 g/mol. The highest BCUT2D eigenvalue weighted by molar-refractivity contribution is 7.89. The van der Waals surface area contributed by atoms with Crippen LogP contribution in [0.1, 0.15) is 56.9 Å². The number of carbonyl (C=O) groups is 2. The van der Waals surface area contributed by atoms with E-state index in [4.69, 9.17) is 0 Å². The molecule has 0 bridgehead atoms. The van der Waals surface area contributed by atoms with Crippen molar-refractivity contribution >= 4 is 21.8 Å². The second-order valence-corrected chi connectivity index (χ2v) is 9.81. The molecule has 0 spiro atoms. The lowest BCUT2D eigenvalue weighted by molar-refractivity contribution is -0.129. The Hall–Kier alpha value is -1.93. The Morgan fingerprint density at radius 3 is 2.31 bits per heavy atom. The zero-order valence-electron chi connectivity index (χ0n) is 16.9. The van der Waals surface area contributed by atoms with Gasteiger partial charge in [0.25, 0.3) is 0 Å². The van der Waals surface area contributed by atoms with E-state index in [-0.39, 0.29) is 35.7 Å². The van der Waals surface area contributed by atoms with Crippen molar-refractivity contribution in [3.63, 3.8) is 0 Å². The van der Waals surface area contributed by atoms with Gasteiger partial charge in [-0.15, -0.1) is 0 Å². The van der Waals surface area contributed by atoms with E-state index in [1.54, 1.807) is 24.3 Å². The van der Waals surface area contributed by atoms with Crippen LogP contribution in [0.3, 0.4) is 0 Å². The minimum atomic E-state index is -3.57. The second-order valence-electron chi connectivity index (χ2n) is 7.90. The number of sulfonamides is 1.